The SMILES string of the molecule is COC[C@H]1NC(=O)CC/C=C\[C@H]2O[C@]34C=CCN(c5ccc(OC)cc5)C(=O)[C@H]3N(CCCO)C(=O)[C@@H]4[C@H]2C(=O)O[C@@H]1c1ccccc1. The molecule has 4 aliphatic heterocycles. The van der Waals surface area contributed by atoms with Crippen LogP contribution < -0.4 is 15.0 Å². The Kier molecular flexibility index (Phi) is 9.95. The quantitative estimate of drug-likeness (QED) is 0.322. The molecular weight excluding hydrogens is 618 g/mol. The van der Waals surface area contributed by atoms with Crippen LogP contribution in [0.2, 0.25) is 0 Å². The monoisotopic (exact) mass is 659 g/mol. The van der Waals surface area contributed by atoms with Gasteiger partial charge < -0.3 is 39.2 Å². The van der Waals surface area contributed by atoms with Crippen molar-refractivity contribution in [1.82, 2.24) is 10.2 Å². The molecule has 1 spiro atoms. The minimum Gasteiger partial charge on any atom is -0.497 e. The molecule has 0 aliphatic carbocycles. The van der Waals surface area contributed by atoms with Gasteiger partial charge in [-0.25, -0.2) is 0 Å². The van der Waals surface area contributed by atoms with Crippen molar-refractivity contribution in [2.24, 2.45) is 11.8 Å². The summed E-state index contributed by atoms with van der Waals surface area (Å²) in [4.78, 5) is 59.5. The van der Waals surface area contributed by atoms with E-state index in [1.165, 1.54) is 12.0 Å². The van der Waals surface area contributed by atoms with Crippen LogP contribution in [0.3, 0.4) is 0 Å². The topological polar surface area (TPSA) is 144 Å². The van der Waals surface area contributed by atoms with E-state index >= 15 is 0 Å². The number of nitrogens with zero attached hydrogens (tertiary/aromatic N) is 2. The molecule has 7 atom stereocenters. The van der Waals surface area contributed by atoms with Gasteiger partial charge in [-0.15, -0.1) is 0 Å². The standard InChI is InChI=1S/C36H41N3O9/c1-45-22-26-31(23-10-4-3-5-11-23)47-35(44)29-27(12-6-7-13-28(41)37-26)48-36-18-8-19-38(24-14-16-25(46-2)17-15-24)34(43)32(36)39(20-9-21-40)33(42)30(29)36/h3-6,8,10-12,14-18,26-27,29-32,40H,7,9,13,19-22H2,1-2H3,(H,37,41)/b12-6-/t26-,27-,29+,30+,31-,32-,36+/m1/s1. The molecule has 4 aliphatic rings. The maximum Gasteiger partial charge on any atom is 0.313 e. The number of rotatable bonds is 8. The number of anilines is 1. The molecule has 2 aromatic rings. The molecule has 254 valence electrons. The van der Waals surface area contributed by atoms with E-state index in [0.29, 0.717) is 23.4 Å². The van der Waals surface area contributed by atoms with Gasteiger partial charge >= 0.3 is 5.97 Å². The summed E-state index contributed by atoms with van der Waals surface area (Å²) >= 11 is 0. The first-order chi connectivity index (χ1) is 23.3. The highest BCUT2D eigenvalue weighted by Gasteiger charge is 2.71. The molecule has 2 N–H and O–H groups in total. The van der Waals surface area contributed by atoms with Crippen molar-refractivity contribution in [3.05, 3.63) is 84.5 Å². The van der Waals surface area contributed by atoms with Gasteiger partial charge in [0.15, 0.2) is 0 Å². The van der Waals surface area contributed by atoms with Crippen molar-refractivity contribution < 1.29 is 43.2 Å². The number of benzene rings is 2. The second kappa shape index (κ2) is 14.3. The average Bonchev–Trinajstić information content (AvgIpc) is 3.48. The van der Waals surface area contributed by atoms with Gasteiger partial charge in [0.05, 0.1) is 31.8 Å². The molecular formula is C36H41N3O9. The number of ether oxygens (including phenoxy) is 4. The van der Waals surface area contributed by atoms with E-state index in [1.54, 1.807) is 72.7 Å². The van der Waals surface area contributed by atoms with Crippen LogP contribution in [0.15, 0.2) is 78.9 Å². The lowest BCUT2D eigenvalue weighted by Crippen LogP contribution is -2.55. The van der Waals surface area contributed by atoms with Gasteiger partial charge in [-0.05, 0) is 42.7 Å². The van der Waals surface area contributed by atoms with E-state index in [1.807, 2.05) is 18.2 Å². The Labute approximate surface area is 279 Å². The number of hydrogen-bond donors (Lipinski definition) is 2. The Morgan fingerprint density at radius 2 is 1.77 bits per heavy atom. The Balaban J connectivity index is 1.43. The van der Waals surface area contributed by atoms with Crippen LogP contribution in [0.1, 0.15) is 30.9 Å². The third-order valence-corrected chi connectivity index (χ3v) is 9.50. The number of hydrogen-bond acceptors (Lipinski definition) is 9. The second-order valence-corrected chi connectivity index (χ2v) is 12.4. The molecule has 6 rings (SSSR count). The maximum atomic E-state index is 14.6. The zero-order chi connectivity index (χ0) is 33.8. The summed E-state index contributed by atoms with van der Waals surface area (Å²) in [6.07, 6.45) is 5.92. The summed E-state index contributed by atoms with van der Waals surface area (Å²) < 4.78 is 23.8. The van der Waals surface area contributed by atoms with Crippen LogP contribution in [0.5, 0.6) is 5.75 Å². The molecule has 2 saturated heterocycles. The van der Waals surface area contributed by atoms with Crippen LogP contribution in [0, 0.1) is 11.8 Å². The van der Waals surface area contributed by atoms with Crippen molar-refractivity contribution >= 4 is 29.4 Å². The number of fused-ring (bicyclic) bond motifs is 2. The fraction of sp³-hybridized carbons (Fsp3) is 0.444. The third-order valence-electron chi connectivity index (χ3n) is 9.50. The van der Waals surface area contributed by atoms with Gasteiger partial charge in [-0.2, -0.15) is 0 Å². The number of likely N-dealkylation sites (tertiary alicyclic amines) is 1. The van der Waals surface area contributed by atoms with Gasteiger partial charge in [0.25, 0.3) is 5.91 Å². The van der Waals surface area contributed by atoms with Gasteiger partial charge in [0.1, 0.15) is 29.4 Å². The summed E-state index contributed by atoms with van der Waals surface area (Å²) in [7, 11) is 3.06. The number of amides is 3. The highest BCUT2D eigenvalue weighted by atomic mass is 16.6. The third kappa shape index (κ3) is 6.11. The molecule has 12 heteroatoms. The molecule has 12 nitrogen and oxygen atoms in total. The van der Waals surface area contributed by atoms with Gasteiger partial charge in [0, 0.05) is 38.9 Å². The largest absolute Gasteiger partial charge is 0.497 e. The number of esters is 1. The van der Waals surface area contributed by atoms with E-state index in [2.05, 4.69) is 5.32 Å². The van der Waals surface area contributed by atoms with E-state index in [4.69, 9.17) is 18.9 Å². The second-order valence-electron chi connectivity index (χ2n) is 12.4. The Morgan fingerprint density at radius 1 is 1.00 bits per heavy atom. The minimum atomic E-state index is -1.49. The highest BCUT2D eigenvalue weighted by molar-refractivity contribution is 6.05. The smallest absolute Gasteiger partial charge is 0.313 e. The summed E-state index contributed by atoms with van der Waals surface area (Å²) in [6.45, 7) is 0.179. The lowest BCUT2D eigenvalue weighted by atomic mass is 9.77. The van der Waals surface area contributed by atoms with Crippen molar-refractivity contribution in [3.8, 4) is 5.75 Å². The van der Waals surface area contributed by atoms with Crippen LogP contribution >= 0.6 is 0 Å². The Morgan fingerprint density at radius 3 is 2.48 bits per heavy atom. The molecule has 0 unspecified atom stereocenters. The Bertz CT molecular complexity index is 1560. The zero-order valence-electron chi connectivity index (χ0n) is 27.0. The highest BCUT2D eigenvalue weighted by Crippen LogP contribution is 2.53. The lowest BCUT2D eigenvalue weighted by molar-refractivity contribution is -0.162. The molecule has 0 radical (unpaired) electrons. The van der Waals surface area contributed by atoms with Gasteiger partial charge in [0.2, 0.25) is 11.8 Å². The normalized spacial score (nSPS) is 31.1. The molecule has 48 heavy (non-hydrogen) atoms. The summed E-state index contributed by atoms with van der Waals surface area (Å²) in [5.41, 5.74) is -0.242. The maximum absolute atomic E-state index is 14.6. The molecule has 0 saturated carbocycles. The number of cyclic esters (lactones) is 1. The molecule has 0 aromatic heterocycles. The van der Waals surface area contributed by atoms with Crippen LogP contribution in [0.4, 0.5) is 5.69 Å². The lowest BCUT2D eigenvalue weighted by Gasteiger charge is -2.35. The van der Waals surface area contributed by atoms with Crippen molar-refractivity contribution in [1.29, 1.82) is 0 Å². The van der Waals surface area contributed by atoms with E-state index in [-0.39, 0.29) is 51.0 Å². The van der Waals surface area contributed by atoms with E-state index < -0.39 is 53.6 Å². The average molecular weight is 660 g/mol. The number of allylic oxidation sites excluding steroid dienone is 1. The molecule has 3 amide bonds. The number of methoxy groups -OCH3 is 2. The van der Waals surface area contributed by atoms with Crippen LogP contribution in [-0.2, 0) is 33.4 Å². The van der Waals surface area contributed by atoms with Crippen molar-refractivity contribution in [2.45, 2.75) is 49.2 Å². The first-order valence-electron chi connectivity index (χ1n) is 16.3. The number of aliphatic hydroxyl groups excluding tert-OH is 1. The minimum absolute atomic E-state index is 0.0702. The fourth-order valence-electron chi connectivity index (χ4n) is 7.36. The molecule has 4 heterocycles. The van der Waals surface area contributed by atoms with Crippen LogP contribution in [0.25, 0.3) is 0 Å². The predicted molar refractivity (Wildman–Crippen MR) is 174 cm³/mol. The first-order valence-corrected chi connectivity index (χ1v) is 16.3. The first kappa shape index (κ1) is 33.4. The number of carbonyl (C=O) groups is 4. The fourth-order valence-corrected chi connectivity index (χ4v) is 7.36. The zero-order valence-corrected chi connectivity index (χ0v) is 27.0. The van der Waals surface area contributed by atoms with Gasteiger partial charge in [-0.3, -0.25) is 19.2 Å². The Hall–Kier alpha value is -4.52. The van der Waals surface area contributed by atoms with Gasteiger partial charge in [-0.1, -0.05) is 54.6 Å². The van der Waals surface area contributed by atoms with Crippen LogP contribution in [-0.4, -0.2) is 98.0 Å². The summed E-state index contributed by atoms with van der Waals surface area (Å²) in [5.74, 6) is -3.28. The number of aliphatic hydroxyl groups is 1. The molecule has 0 bridgehead atoms. The van der Waals surface area contributed by atoms with E-state index in [0.717, 1.165) is 0 Å². The van der Waals surface area contributed by atoms with E-state index in [9.17, 15) is 24.3 Å². The predicted octanol–water partition coefficient (Wildman–Crippen LogP) is 2.33. The molecule has 2 fully saturated rings. The van der Waals surface area contributed by atoms with Crippen molar-refractivity contribution in [3.63, 3.8) is 0 Å². The van der Waals surface area contributed by atoms with Crippen molar-refractivity contribution in [2.75, 3.05) is 45.4 Å². The summed E-state index contributed by atoms with van der Waals surface area (Å²) in [6, 6.07) is 14.3. The summed E-state index contributed by atoms with van der Waals surface area (Å²) in [5, 5.41) is 12.7. The number of carbonyl (C=O) groups excluding carboxylic acids is 4. The number of nitrogens with one attached hydrogen (secondary N) is 1. The molecule has 2 aromatic carbocycles.